The van der Waals surface area contributed by atoms with E-state index in [1.807, 2.05) is 6.92 Å². The second-order valence-electron chi connectivity index (χ2n) is 4.76. The minimum atomic E-state index is -0.124. The summed E-state index contributed by atoms with van der Waals surface area (Å²) in [5.41, 5.74) is 0.499. The van der Waals surface area contributed by atoms with Crippen LogP contribution in [-0.2, 0) is 0 Å². The van der Waals surface area contributed by atoms with Gasteiger partial charge in [0.25, 0.3) is 5.91 Å². The van der Waals surface area contributed by atoms with Crippen molar-refractivity contribution in [1.29, 1.82) is 0 Å². The highest BCUT2D eigenvalue weighted by molar-refractivity contribution is 5.96. The van der Waals surface area contributed by atoms with Gasteiger partial charge in [0.15, 0.2) is 0 Å². The van der Waals surface area contributed by atoms with E-state index >= 15 is 0 Å². The molecule has 5 heteroatoms. The van der Waals surface area contributed by atoms with E-state index in [9.17, 15) is 4.79 Å². The third-order valence-electron chi connectivity index (χ3n) is 3.22. The zero-order chi connectivity index (χ0) is 13.7. The fraction of sp³-hybridized carbons (Fsp3) is 0.571. The zero-order valence-electron chi connectivity index (χ0n) is 11.6. The van der Waals surface area contributed by atoms with E-state index in [0.717, 1.165) is 6.54 Å². The van der Waals surface area contributed by atoms with Crippen molar-refractivity contribution in [2.24, 2.45) is 0 Å². The van der Waals surface area contributed by atoms with Gasteiger partial charge >= 0.3 is 0 Å². The van der Waals surface area contributed by atoms with Crippen molar-refractivity contribution in [2.75, 3.05) is 26.7 Å². The Bertz CT molecular complexity index is 432. The van der Waals surface area contributed by atoms with Crippen molar-refractivity contribution in [3.8, 4) is 5.88 Å². The number of hydrogen-bond donors (Lipinski definition) is 1. The number of amides is 1. The van der Waals surface area contributed by atoms with Crippen molar-refractivity contribution in [3.05, 3.63) is 23.9 Å². The number of nitrogens with zero attached hydrogens (tertiary/aromatic N) is 2. The topological polar surface area (TPSA) is 54.5 Å². The molecule has 0 bridgehead atoms. The maximum atomic E-state index is 12.1. The molecule has 0 aromatic carbocycles. The fourth-order valence-electron chi connectivity index (χ4n) is 1.95. The number of carbonyl (C=O) groups excluding carboxylic acids is 1. The lowest BCUT2D eigenvalue weighted by molar-refractivity contribution is 0.0945. The number of hydrogen-bond acceptors (Lipinski definition) is 4. The Morgan fingerprint density at radius 1 is 1.58 bits per heavy atom. The average Bonchev–Trinajstić information content (AvgIpc) is 3.24. The molecule has 1 aromatic rings. The van der Waals surface area contributed by atoms with Gasteiger partial charge in [0, 0.05) is 25.3 Å². The highest BCUT2D eigenvalue weighted by Crippen LogP contribution is 2.24. The molecule has 1 N–H and O–H groups in total. The first kappa shape index (κ1) is 13.8. The first-order chi connectivity index (χ1) is 9.22. The molecule has 1 aromatic heterocycles. The summed E-state index contributed by atoms with van der Waals surface area (Å²) in [4.78, 5) is 18.4. The van der Waals surface area contributed by atoms with Gasteiger partial charge in [0.2, 0.25) is 5.88 Å². The van der Waals surface area contributed by atoms with Crippen molar-refractivity contribution >= 4 is 5.91 Å². The molecule has 1 aliphatic carbocycles. The maximum Gasteiger partial charge on any atom is 0.256 e. The normalized spacial score (nSPS) is 14.5. The van der Waals surface area contributed by atoms with Crippen LogP contribution in [0.1, 0.15) is 30.1 Å². The lowest BCUT2D eigenvalue weighted by Crippen LogP contribution is -2.34. The number of pyridine rings is 1. The summed E-state index contributed by atoms with van der Waals surface area (Å²) in [6.45, 7) is 3.90. The largest absolute Gasteiger partial charge is 0.477 e. The van der Waals surface area contributed by atoms with Gasteiger partial charge in [-0.3, -0.25) is 4.79 Å². The number of carbonyl (C=O) groups is 1. The summed E-state index contributed by atoms with van der Waals surface area (Å²) in [5.74, 6) is 0.277. The van der Waals surface area contributed by atoms with Crippen LogP contribution in [0.3, 0.4) is 0 Å². The summed E-state index contributed by atoms with van der Waals surface area (Å²) in [7, 11) is 2.10. The Morgan fingerprint density at radius 3 is 3.05 bits per heavy atom. The molecule has 2 rings (SSSR count). The van der Waals surface area contributed by atoms with Gasteiger partial charge in [-0.1, -0.05) is 0 Å². The molecule has 1 fully saturated rings. The summed E-state index contributed by atoms with van der Waals surface area (Å²) >= 11 is 0. The molecule has 0 spiro atoms. The van der Waals surface area contributed by atoms with Gasteiger partial charge in [-0.25, -0.2) is 4.98 Å². The molecule has 1 aliphatic rings. The highest BCUT2D eigenvalue weighted by Gasteiger charge is 2.25. The fourth-order valence-corrected chi connectivity index (χ4v) is 1.95. The van der Waals surface area contributed by atoms with Crippen molar-refractivity contribution in [3.63, 3.8) is 0 Å². The van der Waals surface area contributed by atoms with E-state index in [-0.39, 0.29) is 5.91 Å². The van der Waals surface area contributed by atoms with Gasteiger partial charge in [-0.05, 0) is 38.9 Å². The molecular formula is C14H21N3O2. The molecule has 0 saturated heterocycles. The van der Waals surface area contributed by atoms with Crippen LogP contribution in [0.25, 0.3) is 0 Å². The van der Waals surface area contributed by atoms with Gasteiger partial charge < -0.3 is 15.0 Å². The molecule has 1 amide bonds. The summed E-state index contributed by atoms with van der Waals surface area (Å²) in [6, 6.07) is 4.19. The number of nitrogens with one attached hydrogen (secondary N) is 1. The van der Waals surface area contributed by atoms with Crippen LogP contribution in [-0.4, -0.2) is 48.6 Å². The summed E-state index contributed by atoms with van der Waals surface area (Å²) in [5, 5.41) is 2.91. The smallest absolute Gasteiger partial charge is 0.256 e. The molecule has 1 heterocycles. The average molecular weight is 263 g/mol. The molecule has 1 saturated carbocycles. The van der Waals surface area contributed by atoms with E-state index in [1.54, 1.807) is 18.3 Å². The van der Waals surface area contributed by atoms with Crippen LogP contribution in [0.15, 0.2) is 18.3 Å². The van der Waals surface area contributed by atoms with Crippen LogP contribution in [0.2, 0.25) is 0 Å². The predicted octanol–water partition coefficient (Wildman–Crippen LogP) is 1.30. The van der Waals surface area contributed by atoms with E-state index in [4.69, 9.17) is 4.74 Å². The molecule has 0 atom stereocenters. The Balaban J connectivity index is 1.84. The Hall–Kier alpha value is -1.62. The standard InChI is InChI=1S/C14H21N3O2/c1-3-19-14-12(5-4-8-16-14)13(18)15-9-10-17(2)11-6-7-11/h4-5,8,11H,3,6-7,9-10H2,1-2H3,(H,15,18). The van der Waals surface area contributed by atoms with Crippen molar-refractivity contribution in [1.82, 2.24) is 15.2 Å². The van der Waals surface area contributed by atoms with Gasteiger partial charge in [0.1, 0.15) is 5.56 Å². The van der Waals surface area contributed by atoms with Crippen molar-refractivity contribution < 1.29 is 9.53 Å². The SMILES string of the molecule is CCOc1ncccc1C(=O)NCCN(C)C1CC1. The Morgan fingerprint density at radius 2 is 2.37 bits per heavy atom. The van der Waals surface area contributed by atoms with Crippen LogP contribution < -0.4 is 10.1 Å². The monoisotopic (exact) mass is 263 g/mol. The number of rotatable bonds is 7. The van der Waals surface area contributed by atoms with E-state index in [1.165, 1.54) is 12.8 Å². The predicted molar refractivity (Wildman–Crippen MR) is 73.4 cm³/mol. The third kappa shape index (κ3) is 3.92. The summed E-state index contributed by atoms with van der Waals surface area (Å²) < 4.78 is 5.35. The highest BCUT2D eigenvalue weighted by atomic mass is 16.5. The van der Waals surface area contributed by atoms with Crippen LogP contribution >= 0.6 is 0 Å². The first-order valence-corrected chi connectivity index (χ1v) is 6.78. The third-order valence-corrected chi connectivity index (χ3v) is 3.22. The van der Waals surface area contributed by atoms with Gasteiger partial charge in [-0.15, -0.1) is 0 Å². The second kappa shape index (κ2) is 6.52. The second-order valence-corrected chi connectivity index (χ2v) is 4.76. The molecular weight excluding hydrogens is 242 g/mol. The van der Waals surface area contributed by atoms with E-state index < -0.39 is 0 Å². The Kier molecular flexibility index (Phi) is 4.74. The van der Waals surface area contributed by atoms with Crippen molar-refractivity contribution in [2.45, 2.75) is 25.8 Å². The molecule has 19 heavy (non-hydrogen) atoms. The zero-order valence-corrected chi connectivity index (χ0v) is 11.6. The van der Waals surface area contributed by atoms with Crippen LogP contribution in [0.4, 0.5) is 0 Å². The molecule has 0 unspecified atom stereocenters. The lowest BCUT2D eigenvalue weighted by atomic mass is 10.2. The minimum Gasteiger partial charge on any atom is -0.477 e. The lowest BCUT2D eigenvalue weighted by Gasteiger charge is -2.16. The van der Waals surface area contributed by atoms with Crippen LogP contribution in [0.5, 0.6) is 5.88 Å². The Labute approximate surface area is 114 Å². The molecule has 0 aliphatic heterocycles. The number of likely N-dealkylation sites (N-methyl/N-ethyl adjacent to an activating group) is 1. The first-order valence-electron chi connectivity index (χ1n) is 6.78. The quantitative estimate of drug-likeness (QED) is 0.805. The van der Waals surface area contributed by atoms with Crippen LogP contribution in [0, 0.1) is 0 Å². The minimum absolute atomic E-state index is 0.124. The van der Waals surface area contributed by atoms with Gasteiger partial charge in [-0.2, -0.15) is 0 Å². The van der Waals surface area contributed by atoms with E-state index in [2.05, 4.69) is 22.2 Å². The number of aromatic nitrogens is 1. The van der Waals surface area contributed by atoms with E-state index in [0.29, 0.717) is 30.6 Å². The molecule has 5 nitrogen and oxygen atoms in total. The maximum absolute atomic E-state index is 12.1. The molecule has 104 valence electrons. The summed E-state index contributed by atoms with van der Waals surface area (Å²) in [6.07, 6.45) is 4.19. The molecule has 0 radical (unpaired) electrons. The number of ether oxygens (including phenoxy) is 1. The van der Waals surface area contributed by atoms with Gasteiger partial charge in [0.05, 0.1) is 6.61 Å².